The van der Waals surface area contributed by atoms with Crippen LogP contribution in [0.15, 0.2) is 122 Å². The van der Waals surface area contributed by atoms with Gasteiger partial charge in [0.25, 0.3) is 0 Å². The standard InChI is InChI=1S/C73H127N2O7P/c1-7-10-13-16-19-22-25-28-30-32-34-35-36-37-38-39-41-42-44-47-50-53-56-59-62-65-72(76)74-70(69-81-83(78,79)80-68-67-75(4,5)6)71(64-61-58-55-52-49-46-27-24-21-18-15-12-9-3)82-73(77)66-63-60-57-54-51-48-45-43-40-33-31-29-26-23-20-17-14-11-8-2/h11,14,19-20,22-23,28-31,34-35,40,43,48,51,57,60-61,64,70-71H,7-10,12-13,15-18,21,24-27,32-33,36-39,41-42,44-47,49-50,52-56,58-59,62-63,65-69H2,1-6H3,(H-,74,76,78,79)/p+1/b14-11-,22-19-,23-20-,30-28-,31-29-,35-34-,43-40-,51-48-,60-57-,64-61-. The number of quaternary nitrogens is 1. The summed E-state index contributed by atoms with van der Waals surface area (Å²) in [6.45, 7) is 6.83. The number of ether oxygens (including phenoxy) is 1. The Kier molecular flexibility index (Phi) is 58.8. The molecule has 0 saturated carbocycles. The fourth-order valence-electron chi connectivity index (χ4n) is 9.21. The number of likely N-dealkylation sites (N-methyl/N-ethyl adjacent to an activating group) is 1. The Labute approximate surface area is 512 Å². The predicted octanol–water partition coefficient (Wildman–Crippen LogP) is 21.4. The molecule has 3 atom stereocenters. The van der Waals surface area contributed by atoms with E-state index in [2.05, 4.69) is 129 Å². The molecule has 0 aliphatic carbocycles. The first-order chi connectivity index (χ1) is 40.4. The van der Waals surface area contributed by atoms with Crippen LogP contribution in [0.5, 0.6) is 0 Å². The summed E-state index contributed by atoms with van der Waals surface area (Å²) in [6.07, 6.45) is 86.5. The van der Waals surface area contributed by atoms with Crippen molar-refractivity contribution in [3.05, 3.63) is 122 Å². The van der Waals surface area contributed by atoms with Gasteiger partial charge in [-0.3, -0.25) is 18.6 Å². The second-order valence-corrected chi connectivity index (χ2v) is 25.1. The molecule has 0 aromatic heterocycles. The normalized spacial score (nSPS) is 14.3. The highest BCUT2D eigenvalue weighted by atomic mass is 31.2. The molecule has 0 bridgehead atoms. The van der Waals surface area contributed by atoms with Gasteiger partial charge in [0.15, 0.2) is 0 Å². The van der Waals surface area contributed by atoms with Gasteiger partial charge in [-0.05, 0) is 109 Å². The topological polar surface area (TPSA) is 111 Å². The molecule has 0 rings (SSSR count). The van der Waals surface area contributed by atoms with Gasteiger partial charge in [-0.1, -0.05) is 277 Å². The van der Waals surface area contributed by atoms with Gasteiger partial charge in [-0.15, -0.1) is 0 Å². The molecule has 1 amide bonds. The number of carbonyl (C=O) groups is 2. The van der Waals surface area contributed by atoms with Gasteiger partial charge < -0.3 is 19.4 Å². The largest absolute Gasteiger partial charge is 0.472 e. The lowest BCUT2D eigenvalue weighted by Crippen LogP contribution is -2.47. The van der Waals surface area contributed by atoms with Crippen molar-refractivity contribution in [1.29, 1.82) is 0 Å². The zero-order valence-corrected chi connectivity index (χ0v) is 55.3. The van der Waals surface area contributed by atoms with E-state index in [4.69, 9.17) is 13.8 Å². The molecule has 3 unspecified atom stereocenters. The van der Waals surface area contributed by atoms with E-state index >= 15 is 0 Å². The Hall–Kier alpha value is -3.59. The SMILES string of the molecule is CC/C=C\C/C=C\C/C=C\C/C=C\C/C=C\C/C=C\CCC(=O)OC(/C=C\CCCCCCCCCCCCC)C(COP(=O)(O)OCC[N+](C)(C)C)NC(=O)CCCCCCCCCCCCCC/C=C\C/C=C\C/C=C\CCCCC. The van der Waals surface area contributed by atoms with Crippen LogP contribution in [0.1, 0.15) is 278 Å². The average molecular weight is 1180 g/mol. The number of esters is 1. The zero-order valence-electron chi connectivity index (χ0n) is 54.4. The lowest BCUT2D eigenvalue weighted by atomic mass is 10.0. The van der Waals surface area contributed by atoms with E-state index in [0.29, 0.717) is 23.9 Å². The van der Waals surface area contributed by atoms with Crippen molar-refractivity contribution in [1.82, 2.24) is 5.32 Å². The molecule has 476 valence electrons. The minimum absolute atomic E-state index is 0.0232. The van der Waals surface area contributed by atoms with E-state index in [9.17, 15) is 19.0 Å². The Morgan fingerprint density at radius 1 is 0.434 bits per heavy atom. The summed E-state index contributed by atoms with van der Waals surface area (Å²) in [4.78, 5) is 37.8. The van der Waals surface area contributed by atoms with Crippen LogP contribution in [0.25, 0.3) is 0 Å². The van der Waals surface area contributed by atoms with Crippen LogP contribution >= 0.6 is 7.82 Å². The maximum Gasteiger partial charge on any atom is 0.472 e. The first kappa shape index (κ1) is 79.4. The summed E-state index contributed by atoms with van der Waals surface area (Å²) in [7, 11) is 1.45. The van der Waals surface area contributed by atoms with Crippen LogP contribution in [0.2, 0.25) is 0 Å². The summed E-state index contributed by atoms with van der Waals surface area (Å²) >= 11 is 0. The van der Waals surface area contributed by atoms with Crippen molar-refractivity contribution in [3.63, 3.8) is 0 Å². The van der Waals surface area contributed by atoms with Gasteiger partial charge in [0.1, 0.15) is 19.3 Å². The second-order valence-electron chi connectivity index (χ2n) is 23.6. The summed E-state index contributed by atoms with van der Waals surface area (Å²) in [5.74, 6) is -0.607. The zero-order chi connectivity index (χ0) is 60.7. The molecule has 0 radical (unpaired) electrons. The summed E-state index contributed by atoms with van der Waals surface area (Å²) in [5, 5.41) is 3.04. The van der Waals surface area contributed by atoms with Crippen molar-refractivity contribution >= 4 is 19.7 Å². The number of hydrogen-bond acceptors (Lipinski definition) is 6. The first-order valence-electron chi connectivity index (χ1n) is 33.9. The molecular weight excluding hydrogens is 1050 g/mol. The molecule has 0 aromatic rings. The Morgan fingerprint density at radius 2 is 0.783 bits per heavy atom. The molecule has 0 spiro atoms. The Bertz CT molecular complexity index is 1830. The van der Waals surface area contributed by atoms with Gasteiger partial charge in [-0.2, -0.15) is 0 Å². The predicted molar refractivity (Wildman–Crippen MR) is 360 cm³/mol. The number of carbonyl (C=O) groups excluding carboxylic acids is 2. The Balaban J connectivity index is 5.25. The highest BCUT2D eigenvalue weighted by molar-refractivity contribution is 7.47. The van der Waals surface area contributed by atoms with Gasteiger partial charge >= 0.3 is 13.8 Å². The van der Waals surface area contributed by atoms with E-state index < -0.39 is 25.9 Å². The van der Waals surface area contributed by atoms with Crippen molar-refractivity contribution in [2.45, 2.75) is 290 Å². The molecule has 0 fully saturated rings. The van der Waals surface area contributed by atoms with Crippen LogP contribution in [0, 0.1) is 0 Å². The number of nitrogens with one attached hydrogen (secondary N) is 1. The van der Waals surface area contributed by atoms with Crippen LogP contribution < -0.4 is 5.32 Å². The number of allylic oxidation sites excluding steroid dienone is 19. The minimum Gasteiger partial charge on any atom is -0.456 e. The molecule has 9 nitrogen and oxygen atoms in total. The highest BCUT2D eigenvalue weighted by Gasteiger charge is 2.30. The molecule has 0 saturated heterocycles. The average Bonchev–Trinajstić information content (AvgIpc) is 3.46. The summed E-state index contributed by atoms with van der Waals surface area (Å²) in [6, 6.07) is -0.889. The number of nitrogens with zero attached hydrogens (tertiary/aromatic N) is 1. The lowest BCUT2D eigenvalue weighted by molar-refractivity contribution is -0.870. The van der Waals surface area contributed by atoms with Crippen molar-refractivity contribution in [2.24, 2.45) is 0 Å². The van der Waals surface area contributed by atoms with E-state index in [0.717, 1.165) is 96.3 Å². The third-order valence-corrected chi connectivity index (χ3v) is 15.4. The summed E-state index contributed by atoms with van der Waals surface area (Å²) in [5.41, 5.74) is 0. The third kappa shape index (κ3) is 62.8. The van der Waals surface area contributed by atoms with Gasteiger partial charge in [0.05, 0.1) is 33.8 Å². The molecule has 0 aliphatic rings. The second kappa shape index (κ2) is 61.5. The van der Waals surface area contributed by atoms with E-state index in [1.165, 1.54) is 141 Å². The van der Waals surface area contributed by atoms with Gasteiger partial charge in [0, 0.05) is 12.8 Å². The van der Waals surface area contributed by atoms with Crippen LogP contribution in [-0.2, 0) is 27.9 Å². The maximum absolute atomic E-state index is 13.6. The lowest BCUT2D eigenvalue weighted by Gasteiger charge is -2.27. The number of amides is 1. The number of phosphoric acid groups is 1. The molecule has 0 heterocycles. The molecule has 0 aromatic carbocycles. The summed E-state index contributed by atoms with van der Waals surface area (Å²) < 4.78 is 30.7. The third-order valence-electron chi connectivity index (χ3n) is 14.4. The number of phosphoric ester groups is 1. The first-order valence-corrected chi connectivity index (χ1v) is 35.4. The number of hydrogen-bond donors (Lipinski definition) is 2. The van der Waals surface area contributed by atoms with Crippen molar-refractivity contribution in [2.75, 3.05) is 40.9 Å². The fourth-order valence-corrected chi connectivity index (χ4v) is 9.94. The highest BCUT2D eigenvalue weighted by Crippen LogP contribution is 2.43. The van der Waals surface area contributed by atoms with Crippen LogP contribution in [0.3, 0.4) is 0 Å². The van der Waals surface area contributed by atoms with Crippen molar-refractivity contribution < 1.29 is 37.3 Å². The monoisotopic (exact) mass is 1180 g/mol. The fraction of sp³-hybridized carbons (Fsp3) is 0.699. The smallest absolute Gasteiger partial charge is 0.456 e. The van der Waals surface area contributed by atoms with Crippen LogP contribution in [-0.4, -0.2) is 74.3 Å². The van der Waals surface area contributed by atoms with E-state index in [-0.39, 0.29) is 25.5 Å². The van der Waals surface area contributed by atoms with Crippen molar-refractivity contribution in [3.8, 4) is 0 Å². The number of rotatable bonds is 60. The molecule has 2 N–H and O–H groups in total. The van der Waals surface area contributed by atoms with Gasteiger partial charge in [-0.25, -0.2) is 4.57 Å². The van der Waals surface area contributed by atoms with E-state index in [1.807, 2.05) is 39.4 Å². The minimum atomic E-state index is -4.48. The molecule has 83 heavy (non-hydrogen) atoms. The van der Waals surface area contributed by atoms with Crippen LogP contribution in [0.4, 0.5) is 0 Å². The Morgan fingerprint density at radius 3 is 1.20 bits per heavy atom. The molecule has 0 aliphatic heterocycles. The van der Waals surface area contributed by atoms with E-state index in [1.54, 1.807) is 0 Å². The quantitative estimate of drug-likeness (QED) is 0.0205. The molecule has 10 heteroatoms. The maximum atomic E-state index is 13.6. The number of unbranched alkanes of at least 4 members (excludes halogenated alkanes) is 26. The molecular formula is C73H128N2O7P+. The van der Waals surface area contributed by atoms with Gasteiger partial charge in [0.2, 0.25) is 5.91 Å².